The fraction of sp³-hybridized carbons (Fsp3) is 0.174. The van der Waals surface area contributed by atoms with Crippen molar-refractivity contribution < 1.29 is 0 Å². The van der Waals surface area contributed by atoms with Crippen molar-refractivity contribution in [3.05, 3.63) is 76.8 Å². The predicted octanol–water partition coefficient (Wildman–Crippen LogP) is 6.92. The highest BCUT2D eigenvalue weighted by Crippen LogP contribution is 2.30. The Balaban J connectivity index is 1.66. The Kier molecular flexibility index (Phi) is 3.93. The van der Waals surface area contributed by atoms with Crippen LogP contribution in [0.5, 0.6) is 0 Å². The van der Waals surface area contributed by atoms with Crippen LogP contribution in [0.15, 0.2) is 60.7 Å². The van der Waals surface area contributed by atoms with E-state index in [-0.39, 0.29) is 5.41 Å². The molecule has 4 rings (SSSR count). The van der Waals surface area contributed by atoms with E-state index in [0.717, 1.165) is 10.5 Å². The van der Waals surface area contributed by atoms with Gasteiger partial charge in [-0.25, -0.2) is 4.98 Å². The lowest BCUT2D eigenvalue weighted by Gasteiger charge is -2.18. The van der Waals surface area contributed by atoms with Gasteiger partial charge in [0.2, 0.25) is 0 Å². The van der Waals surface area contributed by atoms with Crippen molar-refractivity contribution in [2.24, 2.45) is 0 Å². The number of hydrogen-bond donors (Lipinski definition) is 0. The molecule has 124 valence electrons. The molecule has 3 aromatic carbocycles. The van der Waals surface area contributed by atoms with Crippen LogP contribution in [0, 0.1) is 0 Å². The van der Waals surface area contributed by atoms with Crippen LogP contribution < -0.4 is 0 Å². The van der Waals surface area contributed by atoms with Crippen molar-refractivity contribution in [3.63, 3.8) is 0 Å². The summed E-state index contributed by atoms with van der Waals surface area (Å²) in [6, 6.07) is 21.6. The largest absolute Gasteiger partial charge is 0.236 e. The zero-order chi connectivity index (χ0) is 17.4. The molecule has 0 unspecified atom stereocenters. The summed E-state index contributed by atoms with van der Waals surface area (Å²) in [5.74, 6) is 0. The molecule has 2 heteroatoms. The van der Waals surface area contributed by atoms with Crippen molar-refractivity contribution in [1.29, 1.82) is 0 Å². The summed E-state index contributed by atoms with van der Waals surface area (Å²) in [5, 5.41) is 3.52. The van der Waals surface area contributed by atoms with Crippen LogP contribution in [-0.2, 0) is 5.41 Å². The molecule has 0 atom stereocenters. The fourth-order valence-corrected chi connectivity index (χ4v) is 3.90. The first-order valence-electron chi connectivity index (χ1n) is 8.58. The van der Waals surface area contributed by atoms with E-state index in [9.17, 15) is 0 Å². The molecular formula is C23H21NS. The van der Waals surface area contributed by atoms with E-state index in [1.165, 1.54) is 26.6 Å². The molecular weight excluding hydrogens is 322 g/mol. The second kappa shape index (κ2) is 6.12. The Labute approximate surface area is 152 Å². The predicted molar refractivity (Wildman–Crippen MR) is 111 cm³/mol. The first-order chi connectivity index (χ1) is 12.0. The molecule has 0 aliphatic carbocycles. The zero-order valence-electron chi connectivity index (χ0n) is 14.8. The maximum atomic E-state index is 4.84. The summed E-state index contributed by atoms with van der Waals surface area (Å²) < 4.78 is 1.24. The summed E-state index contributed by atoms with van der Waals surface area (Å²) in [6.45, 7) is 6.72. The number of rotatable bonds is 2. The molecule has 0 aliphatic rings. The summed E-state index contributed by atoms with van der Waals surface area (Å²) in [7, 11) is 0. The van der Waals surface area contributed by atoms with Gasteiger partial charge in [0.15, 0.2) is 0 Å². The van der Waals surface area contributed by atoms with Gasteiger partial charge in [-0.05, 0) is 34.1 Å². The van der Waals surface area contributed by atoms with Gasteiger partial charge in [0, 0.05) is 5.39 Å². The SMILES string of the molecule is CC(C)(C)c1ccc(C=Cc2nc3c(ccc4ccccc43)s2)cc1. The monoisotopic (exact) mass is 343 g/mol. The second-order valence-electron chi connectivity index (χ2n) is 7.39. The Hall–Kier alpha value is -2.45. The molecule has 4 aromatic rings. The van der Waals surface area contributed by atoms with Crippen LogP contribution in [0.3, 0.4) is 0 Å². The maximum Gasteiger partial charge on any atom is 0.117 e. The van der Waals surface area contributed by atoms with E-state index in [2.05, 4.69) is 93.6 Å². The molecule has 0 N–H and O–H groups in total. The van der Waals surface area contributed by atoms with Gasteiger partial charge in [-0.3, -0.25) is 0 Å². The number of nitrogens with zero attached hydrogens (tertiary/aromatic N) is 1. The zero-order valence-corrected chi connectivity index (χ0v) is 15.6. The number of aromatic nitrogens is 1. The summed E-state index contributed by atoms with van der Waals surface area (Å²) >= 11 is 1.74. The van der Waals surface area contributed by atoms with E-state index in [1.54, 1.807) is 11.3 Å². The third-order valence-electron chi connectivity index (χ3n) is 4.50. The lowest BCUT2D eigenvalue weighted by Crippen LogP contribution is -2.10. The molecule has 0 radical (unpaired) electrons. The van der Waals surface area contributed by atoms with Crippen LogP contribution >= 0.6 is 11.3 Å². The highest BCUT2D eigenvalue weighted by molar-refractivity contribution is 7.19. The second-order valence-corrected chi connectivity index (χ2v) is 8.45. The lowest BCUT2D eigenvalue weighted by molar-refractivity contribution is 0.590. The molecule has 1 aromatic heterocycles. The van der Waals surface area contributed by atoms with E-state index >= 15 is 0 Å². The van der Waals surface area contributed by atoms with Crippen LogP contribution in [-0.4, -0.2) is 4.98 Å². The van der Waals surface area contributed by atoms with Gasteiger partial charge >= 0.3 is 0 Å². The average Bonchev–Trinajstić information content (AvgIpc) is 3.03. The van der Waals surface area contributed by atoms with Gasteiger partial charge in [0.05, 0.1) is 10.2 Å². The summed E-state index contributed by atoms with van der Waals surface area (Å²) in [4.78, 5) is 4.84. The minimum atomic E-state index is 0.191. The third-order valence-corrected chi connectivity index (χ3v) is 5.48. The minimum absolute atomic E-state index is 0.191. The van der Waals surface area contributed by atoms with Crippen LogP contribution in [0.2, 0.25) is 0 Å². The third kappa shape index (κ3) is 3.22. The molecule has 0 saturated heterocycles. The van der Waals surface area contributed by atoms with Gasteiger partial charge in [0.1, 0.15) is 5.01 Å². The number of benzene rings is 3. The fourth-order valence-electron chi connectivity index (χ4n) is 3.01. The Morgan fingerprint density at radius 2 is 1.60 bits per heavy atom. The normalized spacial score (nSPS) is 12.4. The highest BCUT2D eigenvalue weighted by atomic mass is 32.1. The van der Waals surface area contributed by atoms with Gasteiger partial charge in [-0.1, -0.05) is 81.4 Å². The van der Waals surface area contributed by atoms with Gasteiger partial charge < -0.3 is 0 Å². The number of thiazole rings is 1. The quantitative estimate of drug-likeness (QED) is 0.385. The molecule has 1 heterocycles. The molecule has 25 heavy (non-hydrogen) atoms. The van der Waals surface area contributed by atoms with Gasteiger partial charge in [0.25, 0.3) is 0 Å². The molecule has 0 aliphatic heterocycles. The number of fused-ring (bicyclic) bond motifs is 3. The standard InChI is InChI=1S/C23H21NS/c1-23(2,3)18-12-8-16(9-13-18)10-15-21-24-22-19-7-5-4-6-17(19)11-14-20(22)25-21/h4-15H,1-3H3. The highest BCUT2D eigenvalue weighted by Gasteiger charge is 2.12. The summed E-state index contributed by atoms with van der Waals surface area (Å²) in [5.41, 5.74) is 3.86. The van der Waals surface area contributed by atoms with Crippen molar-refractivity contribution in [1.82, 2.24) is 4.98 Å². The Bertz CT molecular complexity index is 1060. The first-order valence-corrected chi connectivity index (χ1v) is 9.39. The van der Waals surface area contributed by atoms with E-state index in [1.807, 2.05) is 0 Å². The molecule has 0 spiro atoms. The molecule has 0 fully saturated rings. The summed E-state index contributed by atoms with van der Waals surface area (Å²) in [6.07, 6.45) is 4.26. The van der Waals surface area contributed by atoms with Gasteiger partial charge in [-0.2, -0.15) is 0 Å². The van der Waals surface area contributed by atoms with Crippen molar-refractivity contribution in [2.75, 3.05) is 0 Å². The van der Waals surface area contributed by atoms with Crippen LogP contribution in [0.4, 0.5) is 0 Å². The van der Waals surface area contributed by atoms with Gasteiger partial charge in [-0.15, -0.1) is 11.3 Å². The topological polar surface area (TPSA) is 12.9 Å². The van der Waals surface area contributed by atoms with Crippen molar-refractivity contribution in [3.8, 4) is 0 Å². The van der Waals surface area contributed by atoms with E-state index in [4.69, 9.17) is 4.98 Å². The molecule has 0 saturated carbocycles. The first kappa shape index (κ1) is 16.0. The molecule has 0 amide bonds. The van der Waals surface area contributed by atoms with Crippen LogP contribution in [0.1, 0.15) is 36.9 Å². The maximum absolute atomic E-state index is 4.84. The van der Waals surface area contributed by atoms with Crippen LogP contribution in [0.25, 0.3) is 33.1 Å². The van der Waals surface area contributed by atoms with E-state index < -0.39 is 0 Å². The Morgan fingerprint density at radius 3 is 2.36 bits per heavy atom. The Morgan fingerprint density at radius 1 is 0.840 bits per heavy atom. The van der Waals surface area contributed by atoms with Crippen molar-refractivity contribution >= 4 is 44.5 Å². The average molecular weight is 343 g/mol. The lowest BCUT2D eigenvalue weighted by atomic mass is 9.87. The molecule has 0 bridgehead atoms. The number of hydrogen-bond acceptors (Lipinski definition) is 2. The minimum Gasteiger partial charge on any atom is -0.236 e. The van der Waals surface area contributed by atoms with E-state index in [0.29, 0.717) is 0 Å². The smallest absolute Gasteiger partial charge is 0.117 e. The van der Waals surface area contributed by atoms with Crippen molar-refractivity contribution in [2.45, 2.75) is 26.2 Å². The molecule has 1 nitrogen and oxygen atoms in total.